The second-order valence-electron chi connectivity index (χ2n) is 6.05. The predicted molar refractivity (Wildman–Crippen MR) is 108 cm³/mol. The SMILES string of the molecule is CN(C)c1ccc(N(B(F)F)/C(=N/c2ccccn2)c2ccccc2)cc1. The molecular weight excluding hydrogens is 345 g/mol. The van der Waals surface area contributed by atoms with E-state index in [0.717, 1.165) is 10.5 Å². The van der Waals surface area contributed by atoms with Crippen LogP contribution in [0.1, 0.15) is 5.56 Å². The average molecular weight is 364 g/mol. The summed E-state index contributed by atoms with van der Waals surface area (Å²) in [5.74, 6) is 0.508. The highest BCUT2D eigenvalue weighted by Gasteiger charge is 2.31. The molecule has 0 aliphatic heterocycles. The van der Waals surface area contributed by atoms with Crippen LogP contribution in [0.25, 0.3) is 0 Å². The molecule has 136 valence electrons. The van der Waals surface area contributed by atoms with E-state index in [4.69, 9.17) is 0 Å². The van der Waals surface area contributed by atoms with Gasteiger partial charge in [0.05, 0.1) is 0 Å². The molecule has 3 rings (SSSR count). The Morgan fingerprint density at radius 2 is 1.48 bits per heavy atom. The van der Waals surface area contributed by atoms with E-state index in [0.29, 0.717) is 17.1 Å². The highest BCUT2D eigenvalue weighted by Crippen LogP contribution is 2.25. The van der Waals surface area contributed by atoms with Crippen LogP contribution >= 0.6 is 0 Å². The molecule has 27 heavy (non-hydrogen) atoms. The maximum atomic E-state index is 14.1. The van der Waals surface area contributed by atoms with Crippen LogP contribution < -0.4 is 9.71 Å². The van der Waals surface area contributed by atoms with Gasteiger partial charge < -0.3 is 9.71 Å². The van der Waals surface area contributed by atoms with Crippen molar-refractivity contribution in [1.29, 1.82) is 0 Å². The predicted octanol–water partition coefficient (Wildman–Crippen LogP) is 4.66. The lowest BCUT2D eigenvalue weighted by Gasteiger charge is -2.25. The number of anilines is 2. The van der Waals surface area contributed by atoms with Gasteiger partial charge in [0, 0.05) is 37.2 Å². The van der Waals surface area contributed by atoms with Crippen LogP contribution in [0.5, 0.6) is 0 Å². The molecule has 4 nitrogen and oxygen atoms in total. The molecular formula is C20H19BF2N4. The topological polar surface area (TPSA) is 31.7 Å². The summed E-state index contributed by atoms with van der Waals surface area (Å²) in [6, 6.07) is 21.1. The van der Waals surface area contributed by atoms with Gasteiger partial charge in [0.1, 0.15) is 5.84 Å². The molecule has 0 aliphatic carbocycles. The number of hydrogen-bond acceptors (Lipinski definition) is 3. The van der Waals surface area contributed by atoms with E-state index in [1.54, 1.807) is 72.9 Å². The Hall–Kier alpha value is -3.22. The molecule has 0 spiro atoms. The van der Waals surface area contributed by atoms with Gasteiger partial charge in [0.25, 0.3) is 0 Å². The Balaban J connectivity index is 2.11. The van der Waals surface area contributed by atoms with Gasteiger partial charge in [-0.25, -0.2) is 9.98 Å². The van der Waals surface area contributed by atoms with Crippen molar-refractivity contribution in [3.05, 3.63) is 84.6 Å². The molecule has 2 aromatic carbocycles. The summed E-state index contributed by atoms with van der Waals surface area (Å²) >= 11 is 0. The molecule has 0 saturated carbocycles. The summed E-state index contributed by atoms with van der Waals surface area (Å²) in [7, 11) is 1.04. The maximum absolute atomic E-state index is 14.1. The quantitative estimate of drug-likeness (QED) is 0.375. The smallest absolute Gasteiger partial charge is 0.378 e. The number of nitrogens with zero attached hydrogens (tertiary/aromatic N) is 4. The molecule has 0 radical (unpaired) electrons. The fraction of sp³-hybridized carbons (Fsp3) is 0.100. The van der Waals surface area contributed by atoms with Gasteiger partial charge >= 0.3 is 7.40 Å². The minimum Gasteiger partial charge on any atom is -0.378 e. The van der Waals surface area contributed by atoms with Crippen LogP contribution in [-0.2, 0) is 0 Å². The van der Waals surface area contributed by atoms with E-state index in [-0.39, 0.29) is 5.84 Å². The molecule has 0 fully saturated rings. The van der Waals surface area contributed by atoms with Crippen molar-refractivity contribution < 1.29 is 8.63 Å². The third kappa shape index (κ3) is 4.50. The van der Waals surface area contributed by atoms with Crippen LogP contribution in [0.3, 0.4) is 0 Å². The van der Waals surface area contributed by atoms with Crippen LogP contribution in [0.15, 0.2) is 84.0 Å². The lowest BCUT2D eigenvalue weighted by atomic mass is 10.0. The number of aliphatic imine (C=N–C) groups is 1. The van der Waals surface area contributed by atoms with E-state index in [1.165, 1.54) is 0 Å². The third-order valence-electron chi connectivity index (χ3n) is 3.97. The van der Waals surface area contributed by atoms with Crippen LogP contribution in [0.4, 0.5) is 25.8 Å². The van der Waals surface area contributed by atoms with Crippen LogP contribution in [0, 0.1) is 0 Å². The van der Waals surface area contributed by atoms with Crippen LogP contribution in [-0.4, -0.2) is 32.3 Å². The zero-order chi connectivity index (χ0) is 19.2. The summed E-state index contributed by atoms with van der Waals surface area (Å²) in [5, 5.41) is 0. The lowest BCUT2D eigenvalue weighted by Crippen LogP contribution is -2.39. The van der Waals surface area contributed by atoms with E-state index >= 15 is 0 Å². The second-order valence-corrected chi connectivity index (χ2v) is 6.05. The summed E-state index contributed by atoms with van der Waals surface area (Å²) in [5.41, 5.74) is 1.87. The van der Waals surface area contributed by atoms with Crippen molar-refractivity contribution in [2.45, 2.75) is 0 Å². The molecule has 0 atom stereocenters. The molecule has 0 aliphatic rings. The molecule has 0 saturated heterocycles. The first kappa shape index (κ1) is 18.6. The highest BCUT2D eigenvalue weighted by atomic mass is 19.2. The third-order valence-corrected chi connectivity index (χ3v) is 3.97. The summed E-state index contributed by atoms with van der Waals surface area (Å²) < 4.78 is 28.2. The van der Waals surface area contributed by atoms with Gasteiger partial charge in [-0.3, -0.25) is 8.63 Å². The van der Waals surface area contributed by atoms with Crippen LogP contribution in [0.2, 0.25) is 0 Å². The van der Waals surface area contributed by atoms with E-state index in [2.05, 4.69) is 9.98 Å². The standard InChI is InChI=1S/C20H19BF2N4/c1-26(2)17-11-13-18(14-12-17)27(21(22)23)20(16-8-4-3-5-9-16)25-19-10-6-7-15-24-19/h3-15H,1-2H3/b25-20+. The van der Waals surface area contributed by atoms with Gasteiger partial charge in [0.2, 0.25) is 0 Å². The Labute approximate surface area is 158 Å². The number of pyridine rings is 1. The van der Waals surface area contributed by atoms with Crippen molar-refractivity contribution >= 4 is 30.4 Å². The number of rotatable bonds is 5. The zero-order valence-electron chi connectivity index (χ0n) is 15.1. The minimum absolute atomic E-state index is 0.141. The van der Waals surface area contributed by atoms with Crippen molar-refractivity contribution in [2.24, 2.45) is 4.99 Å². The van der Waals surface area contributed by atoms with Crippen molar-refractivity contribution in [3.63, 3.8) is 0 Å². The summed E-state index contributed by atoms with van der Waals surface area (Å²) in [6.45, 7) is 0. The molecule has 0 bridgehead atoms. The first-order valence-corrected chi connectivity index (χ1v) is 8.46. The van der Waals surface area contributed by atoms with E-state index in [9.17, 15) is 8.63 Å². The molecule has 0 N–H and O–H groups in total. The molecule has 7 heteroatoms. The molecule has 1 aromatic heterocycles. The number of aromatic nitrogens is 1. The van der Waals surface area contributed by atoms with Gasteiger partial charge in [0.15, 0.2) is 5.82 Å². The second kappa shape index (κ2) is 8.44. The largest absolute Gasteiger partial charge is 0.679 e. The Morgan fingerprint density at radius 1 is 0.852 bits per heavy atom. The zero-order valence-corrected chi connectivity index (χ0v) is 15.1. The van der Waals surface area contributed by atoms with Crippen molar-refractivity contribution in [3.8, 4) is 0 Å². The van der Waals surface area contributed by atoms with Gasteiger partial charge in [-0.05, 0) is 36.4 Å². The van der Waals surface area contributed by atoms with Gasteiger partial charge in [-0.1, -0.05) is 36.4 Å². The Bertz CT molecular complexity index is 885. The van der Waals surface area contributed by atoms with Gasteiger partial charge in [-0.15, -0.1) is 0 Å². The highest BCUT2D eigenvalue weighted by molar-refractivity contribution is 6.56. The van der Waals surface area contributed by atoms with E-state index in [1.807, 2.05) is 25.1 Å². The Kier molecular flexibility index (Phi) is 5.81. The summed E-state index contributed by atoms with van der Waals surface area (Å²) in [4.78, 5) is 11.4. The minimum atomic E-state index is -2.77. The molecule has 0 amide bonds. The normalized spacial score (nSPS) is 11.2. The lowest BCUT2D eigenvalue weighted by molar-refractivity contribution is 0.659. The molecule has 1 heterocycles. The van der Waals surface area contributed by atoms with Gasteiger partial charge in [-0.2, -0.15) is 0 Å². The first-order valence-electron chi connectivity index (χ1n) is 8.46. The van der Waals surface area contributed by atoms with E-state index < -0.39 is 7.40 Å². The maximum Gasteiger partial charge on any atom is 0.679 e. The number of hydrogen-bond donors (Lipinski definition) is 0. The van der Waals surface area contributed by atoms with Crippen molar-refractivity contribution in [1.82, 2.24) is 4.98 Å². The first-order chi connectivity index (χ1) is 13.1. The molecule has 3 aromatic rings. The Morgan fingerprint density at radius 3 is 2.04 bits per heavy atom. The fourth-order valence-electron chi connectivity index (χ4n) is 2.61. The number of benzene rings is 2. The molecule has 0 unspecified atom stereocenters. The number of halogens is 2. The summed E-state index contributed by atoms with van der Waals surface area (Å²) in [6.07, 6.45) is 1.58. The monoisotopic (exact) mass is 364 g/mol. The number of amidine groups is 1. The fourth-order valence-corrected chi connectivity index (χ4v) is 2.61. The van der Waals surface area contributed by atoms with Crippen molar-refractivity contribution in [2.75, 3.05) is 23.8 Å². The average Bonchev–Trinajstić information content (AvgIpc) is 2.69.